The largest absolute Gasteiger partial charge is 0.354 e. The Hall–Kier alpha value is -2.14. The predicted octanol–water partition coefficient (Wildman–Crippen LogP) is 2.23. The first-order valence-corrected chi connectivity index (χ1v) is 7.76. The van der Waals surface area contributed by atoms with Crippen LogP contribution >= 0.6 is 11.3 Å². The van der Waals surface area contributed by atoms with Gasteiger partial charge in [0.25, 0.3) is 5.91 Å². The molecule has 21 heavy (non-hydrogen) atoms. The topological polar surface area (TPSA) is 58.2 Å². The Morgan fingerprint density at radius 3 is 2.43 bits per heavy atom. The molecule has 0 saturated carbocycles. The van der Waals surface area contributed by atoms with Gasteiger partial charge in [0.15, 0.2) is 0 Å². The number of carbonyl (C=O) groups is 2. The maximum absolute atomic E-state index is 11.7. The molecule has 0 fully saturated rings. The minimum atomic E-state index is -0.0939. The number of aryl methyl sites for hydroxylation is 1. The predicted molar refractivity (Wildman–Crippen MR) is 84.4 cm³/mol. The van der Waals surface area contributed by atoms with Crippen LogP contribution in [0, 0.1) is 0 Å². The van der Waals surface area contributed by atoms with Gasteiger partial charge >= 0.3 is 0 Å². The number of carbonyl (C=O) groups excluding carboxylic acids is 2. The van der Waals surface area contributed by atoms with Crippen LogP contribution in [0.3, 0.4) is 0 Å². The Morgan fingerprint density at radius 2 is 1.71 bits per heavy atom. The molecular weight excluding hydrogens is 284 g/mol. The molecule has 110 valence electrons. The molecule has 2 amide bonds. The summed E-state index contributed by atoms with van der Waals surface area (Å²) in [4.78, 5) is 24.0. The summed E-state index contributed by atoms with van der Waals surface area (Å²) in [5.41, 5.74) is 1.15. The van der Waals surface area contributed by atoms with E-state index in [-0.39, 0.29) is 11.8 Å². The maximum atomic E-state index is 11.7. The van der Waals surface area contributed by atoms with Crippen molar-refractivity contribution < 1.29 is 9.59 Å². The molecule has 2 N–H and O–H groups in total. The van der Waals surface area contributed by atoms with E-state index in [2.05, 4.69) is 10.6 Å². The minimum absolute atomic E-state index is 0.00391. The van der Waals surface area contributed by atoms with Crippen LogP contribution in [-0.2, 0) is 11.2 Å². The number of hydrogen-bond donors (Lipinski definition) is 2. The summed E-state index contributed by atoms with van der Waals surface area (Å²) in [6.07, 6.45) is 1.19. The van der Waals surface area contributed by atoms with Crippen molar-refractivity contribution >= 4 is 23.2 Å². The third kappa shape index (κ3) is 5.39. The molecule has 2 aromatic rings. The molecule has 0 aliphatic heterocycles. The van der Waals surface area contributed by atoms with Crippen LogP contribution in [0.5, 0.6) is 0 Å². The van der Waals surface area contributed by atoms with Gasteiger partial charge in [0.2, 0.25) is 5.91 Å². The lowest BCUT2D eigenvalue weighted by Gasteiger charge is -2.06. The number of thiophene rings is 1. The number of benzene rings is 1. The van der Waals surface area contributed by atoms with Crippen molar-refractivity contribution in [2.75, 3.05) is 13.1 Å². The smallest absolute Gasteiger partial charge is 0.261 e. The normalized spacial score (nSPS) is 10.1. The van der Waals surface area contributed by atoms with Crippen LogP contribution in [-0.4, -0.2) is 24.9 Å². The molecule has 0 aliphatic carbocycles. The number of hydrogen-bond acceptors (Lipinski definition) is 3. The first kappa shape index (κ1) is 15.3. The van der Waals surface area contributed by atoms with Gasteiger partial charge in [-0.1, -0.05) is 36.4 Å². The van der Waals surface area contributed by atoms with Crippen molar-refractivity contribution in [1.29, 1.82) is 0 Å². The Bertz CT molecular complexity index is 567. The summed E-state index contributed by atoms with van der Waals surface area (Å²) in [7, 11) is 0. The maximum Gasteiger partial charge on any atom is 0.261 e. The molecule has 0 radical (unpaired) electrons. The summed E-state index contributed by atoms with van der Waals surface area (Å²) in [6, 6.07) is 13.5. The zero-order valence-corrected chi connectivity index (χ0v) is 12.5. The van der Waals surface area contributed by atoms with Crippen LogP contribution in [0.4, 0.5) is 0 Å². The van der Waals surface area contributed by atoms with Crippen LogP contribution in [0.2, 0.25) is 0 Å². The van der Waals surface area contributed by atoms with E-state index in [0.29, 0.717) is 24.4 Å². The lowest BCUT2D eigenvalue weighted by molar-refractivity contribution is -0.121. The monoisotopic (exact) mass is 302 g/mol. The highest BCUT2D eigenvalue weighted by Crippen LogP contribution is 2.07. The molecule has 0 spiro atoms. The summed E-state index contributed by atoms with van der Waals surface area (Å²) in [6.45, 7) is 0.887. The van der Waals surface area contributed by atoms with Gasteiger partial charge in [0, 0.05) is 19.5 Å². The fraction of sp³-hybridized carbons (Fsp3) is 0.250. The number of amides is 2. The molecule has 4 nitrogen and oxygen atoms in total. The molecule has 0 atom stereocenters. The van der Waals surface area contributed by atoms with Gasteiger partial charge in [0.1, 0.15) is 0 Å². The zero-order valence-electron chi connectivity index (χ0n) is 11.7. The van der Waals surface area contributed by atoms with E-state index in [4.69, 9.17) is 0 Å². The van der Waals surface area contributed by atoms with Crippen LogP contribution in [0.25, 0.3) is 0 Å². The lowest BCUT2D eigenvalue weighted by atomic mass is 10.1. The summed E-state index contributed by atoms with van der Waals surface area (Å²) in [5.74, 6) is -0.0900. The SMILES string of the molecule is O=C(CCc1ccccc1)NCCNC(=O)c1cccs1. The zero-order chi connectivity index (χ0) is 14.9. The fourth-order valence-electron chi connectivity index (χ4n) is 1.86. The lowest BCUT2D eigenvalue weighted by Crippen LogP contribution is -2.34. The van der Waals surface area contributed by atoms with Gasteiger partial charge in [-0.2, -0.15) is 0 Å². The van der Waals surface area contributed by atoms with Gasteiger partial charge < -0.3 is 10.6 Å². The highest BCUT2D eigenvalue weighted by molar-refractivity contribution is 7.12. The Morgan fingerprint density at radius 1 is 0.952 bits per heavy atom. The van der Waals surface area contributed by atoms with Crippen molar-refractivity contribution in [3.63, 3.8) is 0 Å². The number of rotatable bonds is 7. The van der Waals surface area contributed by atoms with E-state index in [1.807, 2.05) is 41.8 Å². The molecule has 0 unspecified atom stereocenters. The van der Waals surface area contributed by atoms with Crippen molar-refractivity contribution in [3.8, 4) is 0 Å². The van der Waals surface area contributed by atoms with E-state index >= 15 is 0 Å². The Balaban J connectivity index is 1.58. The van der Waals surface area contributed by atoms with E-state index in [1.165, 1.54) is 11.3 Å². The van der Waals surface area contributed by atoms with Crippen LogP contribution in [0.15, 0.2) is 47.8 Å². The molecule has 0 saturated heterocycles. The van der Waals surface area contributed by atoms with Crippen molar-refractivity contribution in [1.82, 2.24) is 10.6 Å². The average Bonchev–Trinajstić information content (AvgIpc) is 3.05. The van der Waals surface area contributed by atoms with E-state index in [9.17, 15) is 9.59 Å². The van der Waals surface area contributed by atoms with Crippen LogP contribution in [0.1, 0.15) is 21.7 Å². The van der Waals surface area contributed by atoms with Gasteiger partial charge in [-0.3, -0.25) is 9.59 Å². The summed E-state index contributed by atoms with van der Waals surface area (Å²) >= 11 is 1.40. The molecule has 1 aromatic carbocycles. The van der Waals surface area contributed by atoms with E-state index < -0.39 is 0 Å². The summed E-state index contributed by atoms with van der Waals surface area (Å²) < 4.78 is 0. The molecule has 2 rings (SSSR count). The second-order valence-corrected chi connectivity index (χ2v) is 5.52. The fourth-order valence-corrected chi connectivity index (χ4v) is 2.50. The van der Waals surface area contributed by atoms with Gasteiger partial charge in [-0.25, -0.2) is 0 Å². The summed E-state index contributed by atoms with van der Waals surface area (Å²) in [5, 5.41) is 7.44. The van der Waals surface area contributed by atoms with E-state index in [1.54, 1.807) is 6.07 Å². The standard InChI is InChI=1S/C16H18N2O2S/c19-15(9-8-13-5-2-1-3-6-13)17-10-11-18-16(20)14-7-4-12-21-14/h1-7,12H,8-11H2,(H,17,19)(H,18,20). The molecule has 0 bridgehead atoms. The Kier molecular flexibility index (Phi) is 5.97. The minimum Gasteiger partial charge on any atom is -0.354 e. The quantitative estimate of drug-likeness (QED) is 0.771. The second-order valence-electron chi connectivity index (χ2n) is 4.57. The molecule has 1 heterocycles. The van der Waals surface area contributed by atoms with Crippen molar-refractivity contribution in [3.05, 3.63) is 58.3 Å². The first-order valence-electron chi connectivity index (χ1n) is 6.88. The van der Waals surface area contributed by atoms with Gasteiger partial charge in [-0.05, 0) is 23.4 Å². The first-order chi connectivity index (χ1) is 10.3. The average molecular weight is 302 g/mol. The highest BCUT2D eigenvalue weighted by atomic mass is 32.1. The van der Waals surface area contributed by atoms with Crippen molar-refractivity contribution in [2.24, 2.45) is 0 Å². The molecule has 0 aliphatic rings. The Labute approximate surface area is 128 Å². The number of nitrogens with one attached hydrogen (secondary N) is 2. The van der Waals surface area contributed by atoms with Crippen LogP contribution < -0.4 is 10.6 Å². The second kappa shape index (κ2) is 8.21. The third-order valence-corrected chi connectivity index (χ3v) is 3.83. The van der Waals surface area contributed by atoms with E-state index in [0.717, 1.165) is 12.0 Å². The van der Waals surface area contributed by atoms with Crippen molar-refractivity contribution in [2.45, 2.75) is 12.8 Å². The molecule has 1 aromatic heterocycles. The molecular formula is C16H18N2O2S. The van der Waals surface area contributed by atoms with Gasteiger partial charge in [-0.15, -0.1) is 11.3 Å². The van der Waals surface area contributed by atoms with Gasteiger partial charge in [0.05, 0.1) is 4.88 Å². The highest BCUT2D eigenvalue weighted by Gasteiger charge is 2.05. The third-order valence-electron chi connectivity index (χ3n) is 2.96. The molecule has 5 heteroatoms.